The molecule has 0 amide bonds. The standard InChI is InChI=1S/C17H15BrF2N4O3/c1-26-12-6-7-14(18)13(8-12)16-21-23-24(22-16)9-15(25)10-2-4-11(5-3-10)27-17(19)20/h2-8,15,17,25H,9H2,1H3. The second-order valence-corrected chi connectivity index (χ2v) is 6.33. The molecule has 142 valence electrons. The van der Waals surface area contributed by atoms with Crippen LogP contribution in [0.15, 0.2) is 46.9 Å². The van der Waals surface area contributed by atoms with Crippen LogP contribution < -0.4 is 9.47 Å². The van der Waals surface area contributed by atoms with E-state index >= 15 is 0 Å². The molecule has 10 heteroatoms. The van der Waals surface area contributed by atoms with Gasteiger partial charge < -0.3 is 14.6 Å². The van der Waals surface area contributed by atoms with Crippen molar-refractivity contribution < 1.29 is 23.4 Å². The summed E-state index contributed by atoms with van der Waals surface area (Å²) >= 11 is 3.43. The molecule has 7 nitrogen and oxygen atoms in total. The van der Waals surface area contributed by atoms with Crippen molar-refractivity contribution in [1.29, 1.82) is 0 Å². The molecule has 0 bridgehead atoms. The van der Waals surface area contributed by atoms with Gasteiger partial charge in [-0.25, -0.2) is 0 Å². The van der Waals surface area contributed by atoms with Gasteiger partial charge in [-0.1, -0.05) is 28.1 Å². The molecule has 0 fully saturated rings. The summed E-state index contributed by atoms with van der Waals surface area (Å²) in [6.45, 7) is -2.85. The summed E-state index contributed by atoms with van der Waals surface area (Å²) in [7, 11) is 1.56. The summed E-state index contributed by atoms with van der Waals surface area (Å²) in [5, 5.41) is 22.5. The maximum absolute atomic E-state index is 12.2. The van der Waals surface area contributed by atoms with E-state index in [4.69, 9.17) is 4.74 Å². The zero-order valence-electron chi connectivity index (χ0n) is 14.1. The molecule has 0 aliphatic rings. The Bertz CT molecular complexity index is 905. The van der Waals surface area contributed by atoms with E-state index in [1.54, 1.807) is 19.2 Å². The van der Waals surface area contributed by atoms with Gasteiger partial charge in [-0.15, -0.1) is 10.2 Å². The molecule has 3 rings (SSSR count). The number of aliphatic hydroxyl groups excluding tert-OH is 1. The van der Waals surface area contributed by atoms with E-state index in [0.717, 1.165) is 4.47 Å². The van der Waals surface area contributed by atoms with Crippen LogP contribution in [0.25, 0.3) is 11.4 Å². The third-order valence-corrected chi connectivity index (χ3v) is 4.39. The van der Waals surface area contributed by atoms with Gasteiger partial charge in [-0.3, -0.25) is 0 Å². The minimum Gasteiger partial charge on any atom is -0.497 e. The van der Waals surface area contributed by atoms with Gasteiger partial charge in [0, 0.05) is 10.0 Å². The predicted molar refractivity (Wildman–Crippen MR) is 95.5 cm³/mol. The molecule has 0 spiro atoms. The van der Waals surface area contributed by atoms with Crippen LogP contribution in [0, 0.1) is 0 Å². The summed E-state index contributed by atoms with van der Waals surface area (Å²) < 4.78 is 34.6. The van der Waals surface area contributed by atoms with Crippen molar-refractivity contribution in [3.05, 3.63) is 52.5 Å². The lowest BCUT2D eigenvalue weighted by molar-refractivity contribution is -0.0498. The van der Waals surface area contributed by atoms with Crippen LogP contribution in [0.3, 0.4) is 0 Å². The predicted octanol–water partition coefficient (Wildman–Crippen LogP) is 3.45. The monoisotopic (exact) mass is 440 g/mol. The molecule has 27 heavy (non-hydrogen) atoms. The third-order valence-electron chi connectivity index (χ3n) is 3.69. The SMILES string of the molecule is COc1ccc(Br)c(-c2nnn(CC(O)c3ccc(OC(F)F)cc3)n2)c1. The highest BCUT2D eigenvalue weighted by Gasteiger charge is 2.15. The van der Waals surface area contributed by atoms with Gasteiger partial charge in [0.25, 0.3) is 0 Å². The number of methoxy groups -OCH3 is 1. The number of aliphatic hydroxyl groups is 1. The number of tetrazole rings is 1. The number of rotatable bonds is 7. The maximum Gasteiger partial charge on any atom is 0.387 e. The van der Waals surface area contributed by atoms with Crippen LogP contribution in [0.5, 0.6) is 11.5 Å². The van der Waals surface area contributed by atoms with Crippen LogP contribution in [0.4, 0.5) is 8.78 Å². The molecule has 1 atom stereocenters. The highest BCUT2D eigenvalue weighted by molar-refractivity contribution is 9.10. The number of hydrogen-bond acceptors (Lipinski definition) is 6. The topological polar surface area (TPSA) is 82.3 Å². The van der Waals surface area contributed by atoms with Crippen molar-refractivity contribution in [3.8, 4) is 22.9 Å². The first-order chi connectivity index (χ1) is 13.0. The molecule has 1 heterocycles. The Morgan fingerprint density at radius 3 is 2.52 bits per heavy atom. The lowest BCUT2D eigenvalue weighted by atomic mass is 10.1. The van der Waals surface area contributed by atoms with Gasteiger partial charge in [0.2, 0.25) is 5.82 Å². The lowest BCUT2D eigenvalue weighted by Crippen LogP contribution is -2.11. The average Bonchev–Trinajstić information content (AvgIpc) is 3.10. The smallest absolute Gasteiger partial charge is 0.387 e. The molecule has 0 aliphatic heterocycles. The number of ether oxygens (including phenoxy) is 2. The number of nitrogens with zero attached hydrogens (tertiary/aromatic N) is 4. The Balaban J connectivity index is 1.72. The molecule has 1 unspecified atom stereocenters. The Kier molecular flexibility index (Phi) is 5.97. The Morgan fingerprint density at radius 2 is 1.85 bits per heavy atom. The van der Waals surface area contributed by atoms with Gasteiger partial charge in [-0.05, 0) is 41.1 Å². The minimum atomic E-state index is -2.89. The lowest BCUT2D eigenvalue weighted by Gasteiger charge is -2.11. The second-order valence-electron chi connectivity index (χ2n) is 5.48. The molecule has 1 N–H and O–H groups in total. The van der Waals surface area contributed by atoms with Crippen molar-refractivity contribution in [2.45, 2.75) is 19.3 Å². The quantitative estimate of drug-likeness (QED) is 0.605. The number of hydrogen-bond donors (Lipinski definition) is 1. The van der Waals surface area contributed by atoms with Crippen molar-refractivity contribution in [3.63, 3.8) is 0 Å². The van der Waals surface area contributed by atoms with E-state index in [1.807, 2.05) is 6.07 Å². The number of benzene rings is 2. The van der Waals surface area contributed by atoms with Gasteiger partial charge in [-0.2, -0.15) is 13.6 Å². The van der Waals surface area contributed by atoms with Crippen molar-refractivity contribution in [2.75, 3.05) is 7.11 Å². The van der Waals surface area contributed by atoms with Crippen molar-refractivity contribution in [1.82, 2.24) is 20.2 Å². The molecule has 2 aromatic carbocycles. The fourth-order valence-corrected chi connectivity index (χ4v) is 2.79. The van der Waals surface area contributed by atoms with E-state index in [0.29, 0.717) is 22.7 Å². The van der Waals surface area contributed by atoms with Crippen LogP contribution in [-0.2, 0) is 6.54 Å². The summed E-state index contributed by atoms with van der Waals surface area (Å²) in [5.74, 6) is 1.04. The first kappa shape index (κ1) is 19.2. The van der Waals surface area contributed by atoms with Crippen molar-refractivity contribution >= 4 is 15.9 Å². The normalized spacial score (nSPS) is 12.2. The van der Waals surface area contributed by atoms with Crippen molar-refractivity contribution in [2.24, 2.45) is 0 Å². The first-order valence-corrected chi connectivity index (χ1v) is 8.60. The Labute approximate surface area is 161 Å². The molecule has 3 aromatic rings. The molecular weight excluding hydrogens is 426 g/mol. The van der Waals surface area contributed by atoms with Crippen LogP contribution in [-0.4, -0.2) is 39.0 Å². The minimum absolute atomic E-state index is 0.0185. The summed E-state index contributed by atoms with van der Waals surface area (Å²) in [5.41, 5.74) is 1.21. The second kappa shape index (κ2) is 8.40. The Morgan fingerprint density at radius 1 is 1.15 bits per heavy atom. The van der Waals surface area contributed by atoms with E-state index in [-0.39, 0.29) is 12.3 Å². The molecule has 0 saturated carbocycles. The first-order valence-electron chi connectivity index (χ1n) is 7.81. The largest absolute Gasteiger partial charge is 0.497 e. The zero-order chi connectivity index (χ0) is 19.4. The Hall–Kier alpha value is -2.59. The average molecular weight is 441 g/mol. The molecular formula is C17H15BrF2N4O3. The summed E-state index contributed by atoms with van der Waals surface area (Å²) in [6.07, 6.45) is -0.943. The highest BCUT2D eigenvalue weighted by atomic mass is 79.9. The third kappa shape index (κ3) is 4.77. The molecule has 1 aromatic heterocycles. The van der Waals surface area contributed by atoms with Crippen LogP contribution >= 0.6 is 15.9 Å². The van der Waals surface area contributed by atoms with E-state index in [1.165, 1.54) is 29.1 Å². The van der Waals surface area contributed by atoms with Crippen LogP contribution in [0.1, 0.15) is 11.7 Å². The number of alkyl halides is 2. The van der Waals surface area contributed by atoms with Gasteiger partial charge in [0.1, 0.15) is 17.6 Å². The van der Waals surface area contributed by atoms with Crippen LogP contribution in [0.2, 0.25) is 0 Å². The van der Waals surface area contributed by atoms with E-state index in [2.05, 4.69) is 36.1 Å². The zero-order valence-corrected chi connectivity index (χ0v) is 15.7. The van der Waals surface area contributed by atoms with Gasteiger partial charge in [0.15, 0.2) is 0 Å². The molecule has 0 aliphatic carbocycles. The summed E-state index contributed by atoms with van der Waals surface area (Å²) in [6, 6.07) is 11.1. The summed E-state index contributed by atoms with van der Waals surface area (Å²) in [4.78, 5) is 1.26. The van der Waals surface area contributed by atoms with E-state index < -0.39 is 12.7 Å². The fourth-order valence-electron chi connectivity index (χ4n) is 2.36. The fraction of sp³-hybridized carbons (Fsp3) is 0.235. The number of halogens is 3. The highest BCUT2D eigenvalue weighted by Crippen LogP contribution is 2.29. The molecule has 0 saturated heterocycles. The maximum atomic E-state index is 12.2. The van der Waals surface area contributed by atoms with E-state index in [9.17, 15) is 13.9 Å². The van der Waals surface area contributed by atoms with Gasteiger partial charge in [0.05, 0.1) is 13.7 Å². The number of aromatic nitrogens is 4. The van der Waals surface area contributed by atoms with Gasteiger partial charge >= 0.3 is 6.61 Å². The molecule has 0 radical (unpaired) electrons.